The molecule has 6 heteroatoms. The van der Waals surface area contributed by atoms with Crippen LogP contribution in [0, 0.1) is 5.41 Å². The first-order valence-corrected chi connectivity index (χ1v) is 7.62. The smallest absolute Gasteiger partial charge is 0.233 e. The van der Waals surface area contributed by atoms with Gasteiger partial charge in [-0.3, -0.25) is 4.79 Å². The second kappa shape index (κ2) is 6.83. The number of carbonyl (C=O) groups excluding carboxylic acids is 1. The monoisotopic (exact) mass is 294 g/mol. The number of nitrogens with two attached hydrogens (primary N) is 1. The topological polar surface area (TPSA) is 83.8 Å². The third kappa shape index (κ3) is 3.36. The minimum atomic E-state index is -0.644. The Morgan fingerprint density at radius 3 is 2.65 bits per heavy atom. The first-order chi connectivity index (χ1) is 9.65. The van der Waals surface area contributed by atoms with Crippen molar-refractivity contribution in [2.24, 2.45) is 11.1 Å². The molecule has 0 atom stereocenters. The van der Waals surface area contributed by atoms with E-state index in [4.69, 9.17) is 18.0 Å². The zero-order chi connectivity index (χ0) is 14.4. The lowest BCUT2D eigenvalue weighted by atomic mass is 9.79. The van der Waals surface area contributed by atoms with Crippen LogP contribution in [0.1, 0.15) is 44.3 Å². The van der Waals surface area contributed by atoms with Gasteiger partial charge in [-0.2, -0.15) is 0 Å². The number of imidazole rings is 1. The lowest BCUT2D eigenvalue weighted by Gasteiger charge is -2.30. The molecular formula is C14H22N4OS. The molecule has 1 aromatic heterocycles. The molecule has 1 heterocycles. The SMILES string of the molecule is NC(=S)C1(C(=O)NCCc2ncc[nH]2)CCCCCC1. The number of nitrogens with zero attached hydrogens (tertiary/aromatic N) is 1. The maximum atomic E-state index is 12.5. The number of aromatic nitrogens is 2. The maximum Gasteiger partial charge on any atom is 0.233 e. The maximum absolute atomic E-state index is 12.5. The van der Waals surface area contributed by atoms with Crippen LogP contribution >= 0.6 is 12.2 Å². The normalized spacial score (nSPS) is 18.2. The molecular weight excluding hydrogens is 272 g/mol. The molecule has 1 amide bonds. The number of thiocarbonyl (C=S) groups is 1. The summed E-state index contributed by atoms with van der Waals surface area (Å²) in [4.78, 5) is 20.0. The van der Waals surface area contributed by atoms with Crippen molar-refractivity contribution in [1.29, 1.82) is 0 Å². The van der Waals surface area contributed by atoms with Gasteiger partial charge in [0.2, 0.25) is 5.91 Å². The molecule has 0 unspecified atom stereocenters. The molecule has 0 aliphatic heterocycles. The van der Waals surface area contributed by atoms with E-state index in [9.17, 15) is 4.79 Å². The van der Waals surface area contributed by atoms with Gasteiger partial charge >= 0.3 is 0 Å². The summed E-state index contributed by atoms with van der Waals surface area (Å²) in [6.45, 7) is 0.552. The second-order valence-corrected chi connectivity index (χ2v) is 5.84. The van der Waals surface area contributed by atoms with Crippen molar-refractivity contribution in [2.75, 3.05) is 6.54 Å². The fraction of sp³-hybridized carbons (Fsp3) is 0.643. The van der Waals surface area contributed by atoms with Gasteiger partial charge in [0.25, 0.3) is 0 Å². The van der Waals surface area contributed by atoms with Crippen LogP contribution in [-0.4, -0.2) is 27.4 Å². The van der Waals surface area contributed by atoms with Crippen molar-refractivity contribution in [3.8, 4) is 0 Å². The fourth-order valence-corrected chi connectivity index (χ4v) is 3.11. The molecule has 110 valence electrons. The molecule has 0 spiro atoms. The average Bonchev–Trinajstić information content (AvgIpc) is 2.80. The van der Waals surface area contributed by atoms with Gasteiger partial charge in [0.15, 0.2) is 0 Å². The van der Waals surface area contributed by atoms with E-state index < -0.39 is 5.41 Å². The molecule has 0 saturated heterocycles. The summed E-state index contributed by atoms with van der Waals surface area (Å²) < 4.78 is 0. The van der Waals surface area contributed by atoms with Crippen LogP contribution in [0.25, 0.3) is 0 Å². The lowest BCUT2D eigenvalue weighted by molar-refractivity contribution is -0.128. The van der Waals surface area contributed by atoms with Crippen molar-refractivity contribution in [3.05, 3.63) is 18.2 Å². The highest BCUT2D eigenvalue weighted by atomic mass is 32.1. The number of H-pyrrole nitrogens is 1. The Bertz CT molecular complexity index is 450. The van der Waals surface area contributed by atoms with E-state index in [1.54, 1.807) is 12.4 Å². The molecule has 0 radical (unpaired) electrons. The van der Waals surface area contributed by atoms with Crippen molar-refractivity contribution in [2.45, 2.75) is 44.9 Å². The summed E-state index contributed by atoms with van der Waals surface area (Å²) in [5.41, 5.74) is 5.25. The van der Waals surface area contributed by atoms with Gasteiger partial charge < -0.3 is 16.0 Å². The van der Waals surface area contributed by atoms with E-state index >= 15 is 0 Å². The van der Waals surface area contributed by atoms with Crippen LogP contribution in [0.3, 0.4) is 0 Å². The van der Waals surface area contributed by atoms with Crippen molar-refractivity contribution < 1.29 is 4.79 Å². The van der Waals surface area contributed by atoms with E-state index in [0.29, 0.717) is 18.0 Å². The number of rotatable bonds is 5. The Labute approximate surface area is 124 Å². The summed E-state index contributed by atoms with van der Waals surface area (Å²) in [5.74, 6) is 0.856. The number of carbonyl (C=O) groups is 1. The van der Waals surface area contributed by atoms with Crippen LogP contribution in [-0.2, 0) is 11.2 Å². The predicted octanol–water partition coefficient (Wildman–Crippen LogP) is 1.70. The summed E-state index contributed by atoms with van der Waals surface area (Å²) in [5, 5.41) is 2.97. The third-order valence-corrected chi connectivity index (χ3v) is 4.46. The zero-order valence-electron chi connectivity index (χ0n) is 11.7. The van der Waals surface area contributed by atoms with Crippen molar-refractivity contribution in [3.63, 3.8) is 0 Å². The quantitative estimate of drug-likeness (QED) is 0.570. The van der Waals surface area contributed by atoms with E-state index in [1.165, 1.54) is 0 Å². The highest BCUT2D eigenvalue weighted by molar-refractivity contribution is 7.80. The molecule has 1 fully saturated rings. The zero-order valence-corrected chi connectivity index (χ0v) is 12.5. The predicted molar refractivity (Wildman–Crippen MR) is 82.2 cm³/mol. The molecule has 1 saturated carbocycles. The van der Waals surface area contributed by atoms with Crippen LogP contribution in [0.5, 0.6) is 0 Å². The number of aromatic amines is 1. The van der Waals surface area contributed by atoms with E-state index in [0.717, 1.165) is 44.3 Å². The Hall–Kier alpha value is -1.43. The minimum absolute atomic E-state index is 0.0153. The number of hydrogen-bond acceptors (Lipinski definition) is 3. The number of hydrogen-bond donors (Lipinski definition) is 3. The van der Waals surface area contributed by atoms with Crippen molar-refractivity contribution >= 4 is 23.1 Å². The summed E-state index contributed by atoms with van der Waals surface area (Å²) in [6.07, 6.45) is 10.1. The molecule has 1 aliphatic carbocycles. The standard InChI is InChI=1S/C14H22N4OS/c15-12(20)14(6-3-1-2-4-7-14)13(19)18-8-5-11-16-9-10-17-11/h9-10H,1-8H2,(H2,15,20)(H,16,17)(H,18,19). The first-order valence-electron chi connectivity index (χ1n) is 7.21. The molecule has 2 rings (SSSR count). The lowest BCUT2D eigenvalue weighted by Crippen LogP contribution is -2.49. The Morgan fingerprint density at radius 1 is 1.40 bits per heavy atom. The summed E-state index contributed by atoms with van der Waals surface area (Å²) >= 11 is 5.19. The van der Waals surface area contributed by atoms with Crippen LogP contribution < -0.4 is 11.1 Å². The number of nitrogens with one attached hydrogen (secondary N) is 2. The largest absolute Gasteiger partial charge is 0.392 e. The third-order valence-electron chi connectivity index (χ3n) is 4.07. The Morgan fingerprint density at radius 2 is 2.10 bits per heavy atom. The number of amides is 1. The van der Waals surface area contributed by atoms with Gasteiger partial charge in [0.05, 0.1) is 10.4 Å². The Balaban J connectivity index is 1.94. The minimum Gasteiger partial charge on any atom is -0.392 e. The van der Waals surface area contributed by atoms with Gasteiger partial charge in [-0.1, -0.05) is 37.9 Å². The van der Waals surface area contributed by atoms with Crippen LogP contribution in [0.15, 0.2) is 12.4 Å². The van der Waals surface area contributed by atoms with Gasteiger partial charge in [-0.15, -0.1) is 0 Å². The molecule has 1 aromatic rings. The van der Waals surface area contributed by atoms with E-state index in [2.05, 4.69) is 15.3 Å². The molecule has 0 bridgehead atoms. The molecule has 4 N–H and O–H groups in total. The summed E-state index contributed by atoms with van der Waals surface area (Å²) in [6, 6.07) is 0. The average molecular weight is 294 g/mol. The highest BCUT2D eigenvalue weighted by Crippen LogP contribution is 2.35. The Kier molecular flexibility index (Phi) is 5.11. The fourth-order valence-electron chi connectivity index (χ4n) is 2.82. The van der Waals surface area contributed by atoms with Gasteiger partial charge in [0, 0.05) is 25.4 Å². The van der Waals surface area contributed by atoms with Crippen LogP contribution in [0.2, 0.25) is 0 Å². The first kappa shape index (κ1) is 15.0. The molecule has 20 heavy (non-hydrogen) atoms. The molecule has 5 nitrogen and oxygen atoms in total. The van der Waals surface area contributed by atoms with Gasteiger partial charge in [-0.25, -0.2) is 4.98 Å². The van der Waals surface area contributed by atoms with Crippen LogP contribution in [0.4, 0.5) is 0 Å². The van der Waals surface area contributed by atoms with E-state index in [-0.39, 0.29) is 5.91 Å². The second-order valence-electron chi connectivity index (χ2n) is 5.40. The van der Waals surface area contributed by atoms with E-state index in [1.807, 2.05) is 0 Å². The molecule has 1 aliphatic rings. The molecule has 0 aromatic carbocycles. The highest BCUT2D eigenvalue weighted by Gasteiger charge is 2.41. The van der Waals surface area contributed by atoms with Gasteiger partial charge in [-0.05, 0) is 12.8 Å². The van der Waals surface area contributed by atoms with Gasteiger partial charge in [0.1, 0.15) is 5.82 Å². The summed E-state index contributed by atoms with van der Waals surface area (Å²) in [7, 11) is 0. The van der Waals surface area contributed by atoms with Crippen molar-refractivity contribution in [1.82, 2.24) is 15.3 Å².